The largest absolute Gasteiger partial charge is 0.481 e. The van der Waals surface area contributed by atoms with E-state index in [1.807, 2.05) is 30.3 Å². The average Bonchev–Trinajstić information content (AvgIpc) is 2.43. The van der Waals surface area contributed by atoms with Crippen LogP contribution < -0.4 is 0 Å². The van der Waals surface area contributed by atoms with Crippen LogP contribution in [0, 0.1) is 0 Å². The Hall–Kier alpha value is -2.17. The number of cyclic esters (lactones) is 1. The first kappa shape index (κ1) is 15.2. The van der Waals surface area contributed by atoms with Crippen LogP contribution in [0.1, 0.15) is 44.1 Å². The monoisotopic (exact) mass is 290 g/mol. The number of carboxylic acid groups (broad SMARTS) is 1. The summed E-state index contributed by atoms with van der Waals surface area (Å²) >= 11 is 0. The molecule has 21 heavy (non-hydrogen) atoms. The van der Waals surface area contributed by atoms with E-state index in [2.05, 4.69) is 0 Å². The van der Waals surface area contributed by atoms with Gasteiger partial charge in [0.15, 0.2) is 0 Å². The third-order valence-corrected chi connectivity index (χ3v) is 3.65. The van der Waals surface area contributed by atoms with Gasteiger partial charge in [0.05, 0.1) is 6.42 Å². The van der Waals surface area contributed by atoms with E-state index in [1.165, 1.54) is 0 Å². The number of aliphatic carboxylic acids is 1. The molecule has 1 aliphatic heterocycles. The molecule has 5 heteroatoms. The molecule has 1 atom stereocenters. The molecule has 1 N–H and O–H groups in total. The van der Waals surface area contributed by atoms with Gasteiger partial charge in [0.1, 0.15) is 17.8 Å². The van der Waals surface area contributed by atoms with E-state index in [4.69, 9.17) is 9.84 Å². The normalized spacial score (nSPS) is 21.9. The van der Waals surface area contributed by atoms with Gasteiger partial charge in [0.2, 0.25) is 0 Å². The van der Waals surface area contributed by atoms with E-state index in [0.29, 0.717) is 19.3 Å². The third-order valence-electron chi connectivity index (χ3n) is 3.65. The van der Waals surface area contributed by atoms with Gasteiger partial charge in [-0.15, -0.1) is 0 Å². The quantitative estimate of drug-likeness (QED) is 0.494. The van der Waals surface area contributed by atoms with Gasteiger partial charge in [-0.1, -0.05) is 30.3 Å². The lowest BCUT2D eigenvalue weighted by atomic mass is 9.81. The van der Waals surface area contributed by atoms with E-state index in [9.17, 15) is 14.4 Å². The molecule has 0 aliphatic carbocycles. The molecule has 1 unspecified atom stereocenters. The van der Waals surface area contributed by atoms with Crippen LogP contribution >= 0.6 is 0 Å². The third kappa shape index (κ3) is 3.90. The van der Waals surface area contributed by atoms with Crippen molar-refractivity contribution in [2.24, 2.45) is 0 Å². The summed E-state index contributed by atoms with van der Waals surface area (Å²) in [6.45, 7) is 0. The number of rotatable bonds is 6. The zero-order chi connectivity index (χ0) is 15.3. The number of carbonyl (C=O) groups is 3. The van der Waals surface area contributed by atoms with Crippen LogP contribution in [0.3, 0.4) is 0 Å². The number of hydrogen-bond donors (Lipinski definition) is 1. The fourth-order valence-corrected chi connectivity index (χ4v) is 2.71. The number of carboxylic acids is 1. The van der Waals surface area contributed by atoms with Crippen LogP contribution in [0.5, 0.6) is 0 Å². The van der Waals surface area contributed by atoms with Gasteiger partial charge < -0.3 is 9.84 Å². The molecular weight excluding hydrogens is 272 g/mol. The van der Waals surface area contributed by atoms with Gasteiger partial charge in [-0.2, -0.15) is 0 Å². The molecule has 1 heterocycles. The molecule has 1 aromatic rings. The van der Waals surface area contributed by atoms with E-state index in [0.717, 1.165) is 5.56 Å². The molecule has 0 spiro atoms. The van der Waals surface area contributed by atoms with E-state index >= 15 is 0 Å². The maximum atomic E-state index is 11.8. The fourth-order valence-electron chi connectivity index (χ4n) is 2.71. The number of hydrogen-bond acceptors (Lipinski definition) is 4. The minimum Gasteiger partial charge on any atom is -0.481 e. The molecule has 0 radical (unpaired) electrons. The van der Waals surface area contributed by atoms with E-state index < -0.39 is 17.5 Å². The molecule has 1 saturated heterocycles. The minimum absolute atomic E-state index is 0.0762. The molecule has 0 bridgehead atoms. The van der Waals surface area contributed by atoms with Crippen molar-refractivity contribution in [2.75, 3.05) is 0 Å². The van der Waals surface area contributed by atoms with Crippen LogP contribution in [-0.4, -0.2) is 22.8 Å². The summed E-state index contributed by atoms with van der Waals surface area (Å²) in [5.74, 6) is -1.48. The number of Topliss-reactive ketones (excluding diaryl/α,β-unsaturated/α-hetero) is 1. The van der Waals surface area contributed by atoms with Crippen molar-refractivity contribution < 1.29 is 24.2 Å². The SMILES string of the molecule is O=C(O)CCCCC1(c2ccccc2)CC(=O)CC(=O)O1. The number of carbonyl (C=O) groups excluding carboxylic acids is 2. The lowest BCUT2D eigenvalue weighted by Crippen LogP contribution is -2.40. The van der Waals surface area contributed by atoms with E-state index in [1.54, 1.807) is 0 Å². The van der Waals surface area contributed by atoms with Crippen molar-refractivity contribution in [3.8, 4) is 0 Å². The van der Waals surface area contributed by atoms with Gasteiger partial charge in [0.25, 0.3) is 0 Å². The van der Waals surface area contributed by atoms with Crippen LogP contribution in [0.2, 0.25) is 0 Å². The Kier molecular flexibility index (Phi) is 4.73. The van der Waals surface area contributed by atoms with Crippen molar-refractivity contribution in [3.05, 3.63) is 35.9 Å². The van der Waals surface area contributed by atoms with E-state index in [-0.39, 0.29) is 25.0 Å². The van der Waals surface area contributed by atoms with Crippen molar-refractivity contribution in [2.45, 2.75) is 44.1 Å². The molecule has 0 saturated carbocycles. The van der Waals surface area contributed by atoms with Crippen LogP contribution in [0.4, 0.5) is 0 Å². The Labute approximate surface area is 122 Å². The molecule has 0 aromatic heterocycles. The van der Waals surface area contributed by atoms with Crippen LogP contribution in [-0.2, 0) is 24.7 Å². The Morgan fingerprint density at radius 3 is 2.52 bits per heavy atom. The lowest BCUT2D eigenvalue weighted by molar-refractivity contribution is -0.173. The Bertz CT molecular complexity index is 519. The van der Waals surface area contributed by atoms with Crippen molar-refractivity contribution in [1.29, 1.82) is 0 Å². The average molecular weight is 290 g/mol. The predicted molar refractivity (Wildman–Crippen MR) is 74.6 cm³/mol. The summed E-state index contributed by atoms with van der Waals surface area (Å²) in [5.41, 5.74) is -0.145. The van der Waals surface area contributed by atoms with Gasteiger partial charge >= 0.3 is 11.9 Å². The Balaban J connectivity index is 2.16. The minimum atomic E-state index is -0.938. The molecule has 2 rings (SSSR count). The highest BCUT2D eigenvalue weighted by molar-refractivity contribution is 5.98. The smallest absolute Gasteiger partial charge is 0.314 e. The first-order chi connectivity index (χ1) is 10.0. The zero-order valence-corrected chi connectivity index (χ0v) is 11.7. The maximum Gasteiger partial charge on any atom is 0.314 e. The highest BCUT2D eigenvalue weighted by Crippen LogP contribution is 2.38. The maximum absolute atomic E-state index is 11.8. The first-order valence-corrected chi connectivity index (χ1v) is 7.03. The number of esters is 1. The highest BCUT2D eigenvalue weighted by Gasteiger charge is 2.42. The molecule has 0 amide bonds. The zero-order valence-electron chi connectivity index (χ0n) is 11.7. The molecule has 1 aromatic carbocycles. The standard InChI is InChI=1S/C16H18O5/c17-13-10-15(20)21-16(11-13,9-5-4-8-14(18)19)12-6-2-1-3-7-12/h1-3,6-7H,4-5,8-11H2,(H,18,19). The lowest BCUT2D eigenvalue weighted by Gasteiger charge is -2.36. The number of ether oxygens (including phenoxy) is 1. The number of ketones is 1. The second kappa shape index (κ2) is 6.52. The summed E-state index contributed by atoms with van der Waals surface area (Å²) in [6, 6.07) is 9.20. The van der Waals surface area contributed by atoms with Crippen molar-refractivity contribution >= 4 is 17.7 Å². The molecule has 1 fully saturated rings. The second-order valence-electron chi connectivity index (χ2n) is 5.33. The van der Waals surface area contributed by atoms with Crippen LogP contribution in [0.25, 0.3) is 0 Å². The molecule has 5 nitrogen and oxygen atoms in total. The van der Waals surface area contributed by atoms with Gasteiger partial charge in [-0.3, -0.25) is 14.4 Å². The van der Waals surface area contributed by atoms with Gasteiger partial charge in [0, 0.05) is 6.42 Å². The first-order valence-electron chi connectivity index (χ1n) is 7.03. The van der Waals surface area contributed by atoms with Crippen molar-refractivity contribution in [3.63, 3.8) is 0 Å². The van der Waals surface area contributed by atoms with Gasteiger partial charge in [-0.25, -0.2) is 0 Å². The summed E-state index contributed by atoms with van der Waals surface area (Å²) < 4.78 is 5.53. The topological polar surface area (TPSA) is 80.7 Å². The Morgan fingerprint density at radius 1 is 1.19 bits per heavy atom. The fraction of sp³-hybridized carbons (Fsp3) is 0.438. The summed E-state index contributed by atoms with van der Waals surface area (Å²) in [4.78, 5) is 34.0. The summed E-state index contributed by atoms with van der Waals surface area (Å²) in [7, 11) is 0. The van der Waals surface area contributed by atoms with Crippen LogP contribution in [0.15, 0.2) is 30.3 Å². The number of benzene rings is 1. The Morgan fingerprint density at radius 2 is 1.90 bits per heavy atom. The van der Waals surface area contributed by atoms with Gasteiger partial charge in [-0.05, 0) is 24.8 Å². The van der Waals surface area contributed by atoms with Crippen molar-refractivity contribution in [1.82, 2.24) is 0 Å². The molecule has 1 aliphatic rings. The molecular formula is C16H18O5. The number of unbranched alkanes of at least 4 members (excludes halogenated alkanes) is 1. The summed E-state index contributed by atoms with van der Waals surface area (Å²) in [6.07, 6.45) is 1.60. The highest BCUT2D eigenvalue weighted by atomic mass is 16.6. The summed E-state index contributed by atoms with van der Waals surface area (Å²) in [5, 5.41) is 8.68. The second-order valence-corrected chi connectivity index (χ2v) is 5.33. The predicted octanol–water partition coefficient (Wildman–Crippen LogP) is 2.43. The molecule has 112 valence electrons.